The highest BCUT2D eigenvalue weighted by Crippen LogP contribution is 2.33. The molecular weight excluding hydrogens is 272 g/mol. The molecule has 1 aromatic carbocycles. The van der Waals surface area contributed by atoms with Crippen LogP contribution < -0.4 is 9.47 Å². The smallest absolute Gasteiger partial charge is 0.339 e. The number of carboxylic acid groups (broad SMARTS) is 1. The van der Waals surface area contributed by atoms with E-state index in [1.165, 1.54) is 13.2 Å². The van der Waals surface area contributed by atoms with E-state index in [2.05, 4.69) is 0 Å². The van der Waals surface area contributed by atoms with Crippen LogP contribution in [0.4, 0.5) is 0 Å². The molecular formula is C12H14O6S. The van der Waals surface area contributed by atoms with Gasteiger partial charge in [-0.05, 0) is 18.6 Å². The molecule has 0 spiro atoms. The van der Waals surface area contributed by atoms with E-state index in [0.29, 0.717) is 6.42 Å². The van der Waals surface area contributed by atoms with E-state index in [-0.39, 0.29) is 28.6 Å². The molecule has 0 radical (unpaired) electrons. The fourth-order valence-corrected chi connectivity index (χ4v) is 3.58. The topological polar surface area (TPSA) is 89.9 Å². The Kier molecular flexibility index (Phi) is 3.66. The van der Waals surface area contributed by atoms with Gasteiger partial charge >= 0.3 is 5.97 Å². The summed E-state index contributed by atoms with van der Waals surface area (Å²) >= 11 is 0. The van der Waals surface area contributed by atoms with Crippen LogP contribution in [0.3, 0.4) is 0 Å². The molecule has 1 saturated heterocycles. The molecule has 1 aromatic rings. The molecule has 1 heterocycles. The third-order valence-electron chi connectivity index (χ3n) is 2.90. The Hall–Kier alpha value is -1.76. The molecule has 7 heteroatoms. The zero-order valence-electron chi connectivity index (χ0n) is 10.3. The van der Waals surface area contributed by atoms with Gasteiger partial charge < -0.3 is 14.6 Å². The highest BCUT2D eigenvalue weighted by Gasteiger charge is 2.31. The van der Waals surface area contributed by atoms with Crippen LogP contribution in [0.2, 0.25) is 0 Å². The molecule has 1 atom stereocenters. The minimum absolute atomic E-state index is 0.0383. The quantitative estimate of drug-likeness (QED) is 0.886. The van der Waals surface area contributed by atoms with Crippen LogP contribution in [0.25, 0.3) is 0 Å². The second-order valence-electron chi connectivity index (χ2n) is 4.29. The summed E-state index contributed by atoms with van der Waals surface area (Å²) in [4.78, 5) is 11.1. The summed E-state index contributed by atoms with van der Waals surface area (Å²) in [5.74, 6) is -0.808. The first-order chi connectivity index (χ1) is 8.93. The summed E-state index contributed by atoms with van der Waals surface area (Å²) in [5, 5.41) is 9.11. The highest BCUT2D eigenvalue weighted by molar-refractivity contribution is 7.91. The molecule has 0 aliphatic carbocycles. The van der Waals surface area contributed by atoms with Crippen LogP contribution in [-0.4, -0.2) is 44.2 Å². The van der Waals surface area contributed by atoms with Crippen LogP contribution >= 0.6 is 0 Å². The highest BCUT2D eigenvalue weighted by atomic mass is 32.2. The standard InChI is InChI=1S/C12H14O6S/c1-17-10-4-2-3-9(12(13)14)11(10)18-8-5-6-19(15,16)7-8/h2-4,8H,5-7H2,1H3,(H,13,14). The Morgan fingerprint density at radius 1 is 1.42 bits per heavy atom. The molecule has 0 saturated carbocycles. The van der Waals surface area contributed by atoms with Gasteiger partial charge in [0, 0.05) is 0 Å². The van der Waals surface area contributed by atoms with Crippen molar-refractivity contribution in [2.24, 2.45) is 0 Å². The van der Waals surface area contributed by atoms with Crippen molar-refractivity contribution in [3.8, 4) is 11.5 Å². The van der Waals surface area contributed by atoms with Gasteiger partial charge in [0.1, 0.15) is 11.7 Å². The van der Waals surface area contributed by atoms with E-state index < -0.39 is 21.9 Å². The lowest BCUT2D eigenvalue weighted by atomic mass is 10.2. The number of hydrogen-bond donors (Lipinski definition) is 1. The number of hydrogen-bond acceptors (Lipinski definition) is 5. The van der Waals surface area contributed by atoms with E-state index in [1.807, 2.05) is 0 Å². The predicted molar refractivity (Wildman–Crippen MR) is 67.6 cm³/mol. The summed E-state index contributed by atoms with van der Waals surface area (Å²) in [6, 6.07) is 4.51. The maximum Gasteiger partial charge on any atom is 0.339 e. The second-order valence-corrected chi connectivity index (χ2v) is 6.51. The largest absolute Gasteiger partial charge is 0.493 e. The van der Waals surface area contributed by atoms with Gasteiger partial charge in [0.05, 0.1) is 18.6 Å². The molecule has 0 amide bonds. The van der Waals surface area contributed by atoms with Crippen molar-refractivity contribution in [3.05, 3.63) is 23.8 Å². The van der Waals surface area contributed by atoms with Crippen molar-refractivity contribution >= 4 is 15.8 Å². The van der Waals surface area contributed by atoms with Crippen LogP contribution in [0.5, 0.6) is 11.5 Å². The summed E-state index contributed by atoms with van der Waals surface area (Å²) in [6.07, 6.45) is -0.168. The Morgan fingerprint density at radius 2 is 2.16 bits per heavy atom. The lowest BCUT2D eigenvalue weighted by molar-refractivity contribution is 0.0689. The molecule has 1 aliphatic heterocycles. The van der Waals surface area contributed by atoms with Gasteiger partial charge in [-0.15, -0.1) is 0 Å². The van der Waals surface area contributed by atoms with Crippen LogP contribution in [0.1, 0.15) is 16.8 Å². The second kappa shape index (κ2) is 5.08. The average Bonchev–Trinajstić information content (AvgIpc) is 2.68. The van der Waals surface area contributed by atoms with E-state index in [1.54, 1.807) is 12.1 Å². The molecule has 1 fully saturated rings. The van der Waals surface area contributed by atoms with Crippen molar-refractivity contribution in [2.45, 2.75) is 12.5 Å². The molecule has 2 rings (SSSR count). The minimum atomic E-state index is -3.08. The number of carbonyl (C=O) groups is 1. The number of rotatable bonds is 4. The normalized spacial score (nSPS) is 21.0. The Labute approximate surface area is 110 Å². The lowest BCUT2D eigenvalue weighted by Crippen LogP contribution is -2.19. The van der Waals surface area contributed by atoms with Crippen LogP contribution in [0.15, 0.2) is 18.2 Å². The first-order valence-corrected chi connectivity index (χ1v) is 7.52. The molecule has 19 heavy (non-hydrogen) atoms. The van der Waals surface area contributed by atoms with Crippen molar-refractivity contribution in [1.29, 1.82) is 0 Å². The van der Waals surface area contributed by atoms with E-state index >= 15 is 0 Å². The third-order valence-corrected chi connectivity index (χ3v) is 4.64. The minimum Gasteiger partial charge on any atom is -0.493 e. The van der Waals surface area contributed by atoms with Crippen molar-refractivity contribution in [1.82, 2.24) is 0 Å². The first kappa shape index (κ1) is 13.7. The number of ether oxygens (including phenoxy) is 2. The van der Waals surface area contributed by atoms with Gasteiger partial charge in [0.15, 0.2) is 21.3 Å². The van der Waals surface area contributed by atoms with E-state index in [9.17, 15) is 13.2 Å². The van der Waals surface area contributed by atoms with Gasteiger partial charge in [-0.25, -0.2) is 13.2 Å². The molecule has 1 unspecified atom stereocenters. The van der Waals surface area contributed by atoms with Gasteiger partial charge in [0.2, 0.25) is 0 Å². The summed E-state index contributed by atoms with van der Waals surface area (Å²) in [6.45, 7) is 0. The zero-order valence-corrected chi connectivity index (χ0v) is 11.1. The van der Waals surface area contributed by atoms with Gasteiger partial charge in [-0.2, -0.15) is 0 Å². The summed E-state index contributed by atoms with van der Waals surface area (Å²) in [7, 11) is -1.68. The van der Waals surface area contributed by atoms with Crippen molar-refractivity contribution < 1.29 is 27.8 Å². The van der Waals surface area contributed by atoms with Crippen LogP contribution in [-0.2, 0) is 9.84 Å². The number of para-hydroxylation sites is 1. The number of benzene rings is 1. The maximum atomic E-state index is 11.4. The average molecular weight is 286 g/mol. The molecule has 104 valence electrons. The predicted octanol–water partition coefficient (Wildman–Crippen LogP) is 0.959. The molecule has 1 N–H and O–H groups in total. The molecule has 6 nitrogen and oxygen atoms in total. The van der Waals surface area contributed by atoms with Crippen molar-refractivity contribution in [2.75, 3.05) is 18.6 Å². The molecule has 1 aliphatic rings. The summed E-state index contributed by atoms with van der Waals surface area (Å²) in [5.41, 5.74) is -0.0383. The fraction of sp³-hybridized carbons (Fsp3) is 0.417. The maximum absolute atomic E-state index is 11.4. The third kappa shape index (κ3) is 2.98. The van der Waals surface area contributed by atoms with Gasteiger partial charge in [-0.3, -0.25) is 0 Å². The zero-order chi connectivity index (χ0) is 14.0. The monoisotopic (exact) mass is 286 g/mol. The van der Waals surface area contributed by atoms with E-state index in [4.69, 9.17) is 14.6 Å². The van der Waals surface area contributed by atoms with Gasteiger partial charge in [-0.1, -0.05) is 6.07 Å². The van der Waals surface area contributed by atoms with Gasteiger partial charge in [0.25, 0.3) is 0 Å². The Bertz CT molecular complexity index is 592. The van der Waals surface area contributed by atoms with E-state index in [0.717, 1.165) is 0 Å². The number of sulfone groups is 1. The van der Waals surface area contributed by atoms with Crippen LogP contribution in [0, 0.1) is 0 Å². The Morgan fingerprint density at radius 3 is 2.68 bits per heavy atom. The number of carboxylic acids is 1. The molecule has 0 bridgehead atoms. The van der Waals surface area contributed by atoms with Crippen molar-refractivity contribution in [3.63, 3.8) is 0 Å². The SMILES string of the molecule is COc1cccc(C(=O)O)c1OC1CCS(=O)(=O)C1. The Balaban J connectivity index is 2.31. The number of methoxy groups -OCH3 is 1. The lowest BCUT2D eigenvalue weighted by Gasteiger charge is -2.16. The summed E-state index contributed by atoms with van der Waals surface area (Å²) < 4.78 is 33.4. The fourth-order valence-electron chi connectivity index (χ4n) is 1.99. The molecule has 0 aromatic heterocycles. The first-order valence-electron chi connectivity index (χ1n) is 5.70. The number of aromatic carboxylic acids is 1.